The van der Waals surface area contributed by atoms with Crippen molar-refractivity contribution in [2.75, 3.05) is 39.9 Å². The lowest BCUT2D eigenvalue weighted by atomic mass is 10.1. The average molecular weight is 436 g/mol. The van der Waals surface area contributed by atoms with Gasteiger partial charge in [0.25, 0.3) is 5.91 Å². The normalized spacial score (nSPS) is 18.5. The maximum Gasteiger partial charge on any atom is 0.336 e. The lowest BCUT2D eigenvalue weighted by molar-refractivity contribution is -0.143. The Bertz CT molecular complexity index is 1200. The van der Waals surface area contributed by atoms with E-state index in [0.717, 1.165) is 10.9 Å². The van der Waals surface area contributed by atoms with E-state index in [1.165, 1.54) is 6.07 Å². The maximum absolute atomic E-state index is 12.9. The van der Waals surface area contributed by atoms with E-state index in [-0.39, 0.29) is 18.1 Å². The van der Waals surface area contributed by atoms with Crippen LogP contribution in [0.25, 0.3) is 11.0 Å². The van der Waals surface area contributed by atoms with Crippen LogP contribution >= 0.6 is 0 Å². The molecule has 8 nitrogen and oxygen atoms in total. The van der Waals surface area contributed by atoms with Crippen molar-refractivity contribution in [3.63, 3.8) is 0 Å². The van der Waals surface area contributed by atoms with Gasteiger partial charge in [-0.1, -0.05) is 12.1 Å². The third-order valence-electron chi connectivity index (χ3n) is 5.90. The summed E-state index contributed by atoms with van der Waals surface area (Å²) in [5.74, 6) is 1.85. The fraction of sp³-hybridized carbons (Fsp3) is 0.333. The number of rotatable bonds is 4. The molecule has 0 unspecified atom stereocenters. The first-order valence-electron chi connectivity index (χ1n) is 10.6. The number of carbonyl (C=O) groups excluding carboxylic acids is 1. The number of hydrogen-bond donors (Lipinski definition) is 0. The van der Waals surface area contributed by atoms with Gasteiger partial charge in [-0.05, 0) is 29.8 Å². The molecule has 2 aromatic carbocycles. The van der Waals surface area contributed by atoms with Crippen molar-refractivity contribution in [1.82, 2.24) is 9.80 Å². The van der Waals surface area contributed by atoms with Crippen LogP contribution in [0.2, 0.25) is 0 Å². The first kappa shape index (κ1) is 20.4. The van der Waals surface area contributed by atoms with Crippen LogP contribution in [0.5, 0.6) is 17.2 Å². The van der Waals surface area contributed by atoms with Crippen molar-refractivity contribution in [3.8, 4) is 17.2 Å². The number of carbonyl (C=O) groups is 1. The van der Waals surface area contributed by atoms with Gasteiger partial charge >= 0.3 is 5.63 Å². The number of ether oxygens (including phenoxy) is 3. The molecule has 3 aromatic rings. The van der Waals surface area contributed by atoms with E-state index >= 15 is 0 Å². The molecular weight excluding hydrogens is 412 g/mol. The Balaban J connectivity index is 1.23. The lowest BCUT2D eigenvalue weighted by Crippen LogP contribution is -2.53. The van der Waals surface area contributed by atoms with E-state index in [1.54, 1.807) is 13.2 Å². The van der Waals surface area contributed by atoms with Crippen LogP contribution in [-0.4, -0.2) is 61.7 Å². The zero-order valence-electron chi connectivity index (χ0n) is 17.8. The summed E-state index contributed by atoms with van der Waals surface area (Å²) in [6.07, 6.45) is -0.630. The molecule has 0 spiro atoms. The number of benzene rings is 2. The van der Waals surface area contributed by atoms with Gasteiger partial charge in [-0.15, -0.1) is 0 Å². The van der Waals surface area contributed by atoms with Crippen LogP contribution in [0.3, 0.4) is 0 Å². The molecule has 0 aliphatic carbocycles. The highest BCUT2D eigenvalue weighted by Crippen LogP contribution is 2.31. The Morgan fingerprint density at radius 2 is 1.84 bits per heavy atom. The molecule has 2 aliphatic rings. The summed E-state index contributed by atoms with van der Waals surface area (Å²) in [4.78, 5) is 29.0. The second-order valence-corrected chi connectivity index (χ2v) is 7.92. The fourth-order valence-electron chi connectivity index (χ4n) is 4.18. The molecule has 1 atom stereocenters. The molecule has 8 heteroatoms. The minimum Gasteiger partial charge on any atom is -0.497 e. The summed E-state index contributed by atoms with van der Waals surface area (Å²) in [5, 5.41) is 0.885. The predicted molar refractivity (Wildman–Crippen MR) is 117 cm³/mol. The van der Waals surface area contributed by atoms with Crippen molar-refractivity contribution in [2.24, 2.45) is 0 Å². The van der Waals surface area contributed by atoms with E-state index in [2.05, 4.69) is 4.90 Å². The van der Waals surface area contributed by atoms with Crippen LogP contribution in [-0.2, 0) is 11.3 Å². The van der Waals surface area contributed by atoms with Gasteiger partial charge in [-0.2, -0.15) is 0 Å². The molecule has 1 aromatic heterocycles. The number of nitrogens with zero attached hydrogens (tertiary/aromatic N) is 2. The average Bonchev–Trinajstić information content (AvgIpc) is 2.83. The molecular formula is C24H24N2O6. The van der Waals surface area contributed by atoms with Crippen LogP contribution in [0.1, 0.15) is 5.56 Å². The molecule has 1 fully saturated rings. The van der Waals surface area contributed by atoms with Crippen LogP contribution < -0.4 is 19.8 Å². The number of piperazine rings is 1. The van der Waals surface area contributed by atoms with E-state index in [1.807, 2.05) is 41.3 Å². The number of fused-ring (bicyclic) bond motifs is 2. The van der Waals surface area contributed by atoms with Crippen molar-refractivity contribution in [3.05, 3.63) is 64.5 Å². The summed E-state index contributed by atoms with van der Waals surface area (Å²) >= 11 is 0. The minimum atomic E-state index is -0.630. The van der Waals surface area contributed by atoms with Crippen molar-refractivity contribution >= 4 is 16.9 Å². The zero-order chi connectivity index (χ0) is 22.1. The minimum absolute atomic E-state index is 0.0583. The maximum atomic E-state index is 12.9. The molecule has 32 heavy (non-hydrogen) atoms. The standard InChI is InChI=1S/C24H24N2O6/c1-29-17-6-7-18-16(12-23(27)32-21(18)13-17)14-25-8-10-26(11-9-25)24(28)22-15-30-19-4-2-3-5-20(19)31-22/h2-7,12-13,22H,8-11,14-15H2,1H3/t22-/m0/s1. The van der Waals surface area contributed by atoms with Gasteiger partial charge < -0.3 is 23.5 Å². The summed E-state index contributed by atoms with van der Waals surface area (Å²) in [7, 11) is 1.58. The second-order valence-electron chi connectivity index (χ2n) is 7.92. The van der Waals surface area contributed by atoms with Gasteiger partial charge in [-0.3, -0.25) is 9.69 Å². The van der Waals surface area contributed by atoms with Crippen molar-refractivity contribution < 1.29 is 23.4 Å². The topological polar surface area (TPSA) is 81.5 Å². The molecule has 166 valence electrons. The highest BCUT2D eigenvalue weighted by Gasteiger charge is 2.32. The molecule has 0 N–H and O–H groups in total. The Morgan fingerprint density at radius 1 is 1.06 bits per heavy atom. The van der Waals surface area contributed by atoms with E-state index in [0.29, 0.717) is 55.6 Å². The third kappa shape index (κ3) is 4.01. The first-order valence-corrected chi connectivity index (χ1v) is 10.6. The summed E-state index contributed by atoms with van der Waals surface area (Å²) in [5.41, 5.74) is 1.03. The van der Waals surface area contributed by atoms with Crippen LogP contribution in [0.15, 0.2) is 57.7 Å². The fourth-order valence-corrected chi connectivity index (χ4v) is 4.18. The van der Waals surface area contributed by atoms with Gasteiger partial charge in [0.15, 0.2) is 11.5 Å². The molecule has 2 aliphatic heterocycles. The summed E-state index contributed by atoms with van der Waals surface area (Å²) in [6, 6.07) is 14.4. The monoisotopic (exact) mass is 436 g/mol. The number of hydrogen-bond acceptors (Lipinski definition) is 7. The SMILES string of the molecule is COc1ccc2c(CN3CCN(C(=O)[C@@H]4COc5ccccc5O4)CC3)cc(=O)oc2c1. The van der Waals surface area contributed by atoms with Gasteiger partial charge in [-0.25, -0.2) is 4.79 Å². The molecule has 0 saturated carbocycles. The van der Waals surface area contributed by atoms with Gasteiger partial charge in [0.1, 0.15) is 17.9 Å². The molecule has 0 radical (unpaired) electrons. The highest BCUT2D eigenvalue weighted by molar-refractivity contribution is 5.82. The Morgan fingerprint density at radius 3 is 2.62 bits per heavy atom. The summed E-state index contributed by atoms with van der Waals surface area (Å²) in [6.45, 7) is 3.40. The number of para-hydroxylation sites is 2. The largest absolute Gasteiger partial charge is 0.497 e. The molecule has 5 rings (SSSR count). The van der Waals surface area contributed by atoms with E-state index in [4.69, 9.17) is 18.6 Å². The number of methoxy groups -OCH3 is 1. The summed E-state index contributed by atoms with van der Waals surface area (Å²) < 4.78 is 22.1. The van der Waals surface area contributed by atoms with Crippen molar-refractivity contribution in [1.29, 1.82) is 0 Å². The van der Waals surface area contributed by atoms with E-state index < -0.39 is 6.10 Å². The first-order chi connectivity index (χ1) is 15.6. The predicted octanol–water partition coefficient (Wildman–Crippen LogP) is 2.29. The Kier molecular flexibility index (Phi) is 5.45. The third-order valence-corrected chi connectivity index (χ3v) is 5.90. The van der Waals surface area contributed by atoms with E-state index in [9.17, 15) is 9.59 Å². The Hall–Kier alpha value is -3.52. The molecule has 3 heterocycles. The van der Waals surface area contributed by atoms with Gasteiger partial charge in [0.05, 0.1) is 7.11 Å². The highest BCUT2D eigenvalue weighted by atomic mass is 16.6. The quantitative estimate of drug-likeness (QED) is 0.581. The zero-order valence-corrected chi connectivity index (χ0v) is 17.8. The molecule has 1 saturated heterocycles. The molecule has 0 bridgehead atoms. The second kappa shape index (κ2) is 8.55. The molecule has 1 amide bonds. The smallest absolute Gasteiger partial charge is 0.336 e. The van der Waals surface area contributed by atoms with Crippen LogP contribution in [0.4, 0.5) is 0 Å². The lowest BCUT2D eigenvalue weighted by Gasteiger charge is -2.37. The van der Waals surface area contributed by atoms with Gasteiger partial charge in [0.2, 0.25) is 6.10 Å². The Labute approximate surface area is 184 Å². The van der Waals surface area contributed by atoms with Gasteiger partial charge in [0, 0.05) is 50.2 Å². The van der Waals surface area contributed by atoms with Crippen molar-refractivity contribution in [2.45, 2.75) is 12.6 Å². The van der Waals surface area contributed by atoms with Crippen LogP contribution in [0, 0.1) is 0 Å². The number of amides is 1.